The molecule has 0 amide bonds. The molecule has 0 spiro atoms. The summed E-state index contributed by atoms with van der Waals surface area (Å²) in [7, 11) is 0. The third-order valence-corrected chi connectivity index (χ3v) is 3.82. The van der Waals surface area contributed by atoms with E-state index in [1.807, 2.05) is 6.07 Å². The predicted molar refractivity (Wildman–Crippen MR) is 75.4 cm³/mol. The van der Waals surface area contributed by atoms with Crippen LogP contribution in [0.3, 0.4) is 0 Å². The van der Waals surface area contributed by atoms with Crippen molar-refractivity contribution in [1.29, 1.82) is 0 Å². The predicted octanol–water partition coefficient (Wildman–Crippen LogP) is 3.68. The number of fused-ring (bicyclic) bond motifs is 1. The monoisotopic (exact) mass is 290 g/mol. The molecule has 4 heteroatoms. The van der Waals surface area contributed by atoms with Gasteiger partial charge in [-0.25, -0.2) is 8.78 Å². The summed E-state index contributed by atoms with van der Waals surface area (Å²) >= 11 is 0. The van der Waals surface area contributed by atoms with Crippen molar-refractivity contribution in [3.05, 3.63) is 64.2 Å². The molecule has 110 valence electrons. The Morgan fingerprint density at radius 3 is 2.76 bits per heavy atom. The fourth-order valence-electron chi connectivity index (χ4n) is 2.62. The SMILES string of the molecule is Cc1cc(C(O)c2ccc3c(c2)CCCO3)c(F)cc1F. The van der Waals surface area contributed by atoms with Crippen LogP contribution in [0, 0.1) is 18.6 Å². The normalized spacial score (nSPS) is 15.2. The molecule has 0 fully saturated rings. The molecule has 0 saturated carbocycles. The molecule has 0 bridgehead atoms. The molecular formula is C17H16F2O2. The second-order valence-corrected chi connectivity index (χ2v) is 5.34. The van der Waals surface area contributed by atoms with Crippen LogP contribution in [0.4, 0.5) is 8.78 Å². The number of benzene rings is 2. The highest BCUT2D eigenvalue weighted by Gasteiger charge is 2.19. The standard InChI is InChI=1S/C17H16F2O2/c1-10-7-13(15(19)9-14(10)18)17(20)12-4-5-16-11(8-12)3-2-6-21-16/h4-5,7-9,17,20H,2-3,6H2,1H3. The Bertz CT molecular complexity index is 683. The molecule has 1 unspecified atom stereocenters. The third-order valence-electron chi connectivity index (χ3n) is 3.82. The van der Waals surface area contributed by atoms with Crippen molar-refractivity contribution in [2.45, 2.75) is 25.9 Å². The van der Waals surface area contributed by atoms with Gasteiger partial charge in [0.15, 0.2) is 0 Å². The maximum atomic E-state index is 13.9. The van der Waals surface area contributed by atoms with Gasteiger partial charge in [-0.15, -0.1) is 0 Å². The highest BCUT2D eigenvalue weighted by molar-refractivity contribution is 5.42. The minimum absolute atomic E-state index is 0.0885. The number of rotatable bonds is 2. The third kappa shape index (κ3) is 2.63. The van der Waals surface area contributed by atoms with E-state index in [-0.39, 0.29) is 5.56 Å². The molecule has 1 heterocycles. The Hall–Kier alpha value is -1.94. The van der Waals surface area contributed by atoms with Crippen molar-refractivity contribution < 1.29 is 18.6 Å². The van der Waals surface area contributed by atoms with Crippen molar-refractivity contribution in [2.24, 2.45) is 0 Å². The van der Waals surface area contributed by atoms with Crippen LogP contribution < -0.4 is 4.74 Å². The summed E-state index contributed by atoms with van der Waals surface area (Å²) in [6.45, 7) is 2.24. The van der Waals surface area contributed by atoms with Crippen LogP contribution in [0.2, 0.25) is 0 Å². The molecule has 2 aromatic rings. The maximum absolute atomic E-state index is 13.9. The molecule has 0 radical (unpaired) electrons. The van der Waals surface area contributed by atoms with Gasteiger partial charge in [0.1, 0.15) is 23.5 Å². The van der Waals surface area contributed by atoms with Gasteiger partial charge in [-0.3, -0.25) is 0 Å². The zero-order valence-electron chi connectivity index (χ0n) is 11.7. The highest BCUT2D eigenvalue weighted by atomic mass is 19.1. The van der Waals surface area contributed by atoms with Gasteiger partial charge in [0.2, 0.25) is 0 Å². The van der Waals surface area contributed by atoms with Gasteiger partial charge < -0.3 is 9.84 Å². The first-order valence-corrected chi connectivity index (χ1v) is 6.95. The quantitative estimate of drug-likeness (QED) is 0.914. The minimum Gasteiger partial charge on any atom is -0.493 e. The van der Waals surface area contributed by atoms with Gasteiger partial charge in [0, 0.05) is 11.6 Å². The second kappa shape index (κ2) is 5.45. The van der Waals surface area contributed by atoms with Gasteiger partial charge in [0.25, 0.3) is 0 Å². The van der Waals surface area contributed by atoms with Gasteiger partial charge in [-0.2, -0.15) is 0 Å². The second-order valence-electron chi connectivity index (χ2n) is 5.34. The minimum atomic E-state index is -1.11. The number of aryl methyl sites for hydroxylation is 2. The molecular weight excluding hydrogens is 274 g/mol. The lowest BCUT2D eigenvalue weighted by Gasteiger charge is -2.20. The first-order chi connectivity index (χ1) is 10.1. The fourth-order valence-corrected chi connectivity index (χ4v) is 2.62. The average molecular weight is 290 g/mol. The Morgan fingerprint density at radius 2 is 1.95 bits per heavy atom. The number of aliphatic hydroxyl groups is 1. The topological polar surface area (TPSA) is 29.5 Å². The molecule has 1 N–H and O–H groups in total. The van der Waals surface area contributed by atoms with Gasteiger partial charge in [-0.05, 0) is 54.7 Å². The summed E-state index contributed by atoms with van der Waals surface area (Å²) in [5, 5.41) is 10.4. The average Bonchev–Trinajstić information content (AvgIpc) is 2.50. The molecule has 1 aliphatic heterocycles. The van der Waals surface area contributed by atoms with Crippen LogP contribution in [0.5, 0.6) is 5.75 Å². The summed E-state index contributed by atoms with van der Waals surface area (Å²) in [4.78, 5) is 0. The summed E-state index contributed by atoms with van der Waals surface area (Å²) in [5.41, 5.74) is 2.00. The lowest BCUT2D eigenvalue weighted by molar-refractivity contribution is 0.214. The van der Waals surface area contributed by atoms with Crippen LogP contribution in [0.15, 0.2) is 30.3 Å². The Morgan fingerprint density at radius 1 is 1.14 bits per heavy atom. The van der Waals surface area contributed by atoms with Crippen LogP contribution in [-0.4, -0.2) is 11.7 Å². The summed E-state index contributed by atoms with van der Waals surface area (Å²) in [6.07, 6.45) is 0.689. The van der Waals surface area contributed by atoms with Crippen molar-refractivity contribution in [3.63, 3.8) is 0 Å². The Labute approximate surface area is 122 Å². The Balaban J connectivity index is 1.98. The van der Waals surface area contributed by atoms with Crippen LogP contribution in [-0.2, 0) is 6.42 Å². The summed E-state index contributed by atoms with van der Waals surface area (Å²) < 4.78 is 32.7. The molecule has 21 heavy (non-hydrogen) atoms. The molecule has 0 aliphatic carbocycles. The molecule has 1 aliphatic rings. The van der Waals surface area contributed by atoms with E-state index in [0.717, 1.165) is 30.2 Å². The van der Waals surface area contributed by atoms with Crippen molar-refractivity contribution in [3.8, 4) is 5.75 Å². The van der Waals surface area contributed by atoms with Crippen molar-refractivity contribution in [2.75, 3.05) is 6.61 Å². The lowest BCUT2D eigenvalue weighted by atomic mass is 9.95. The van der Waals surface area contributed by atoms with Crippen LogP contribution in [0.25, 0.3) is 0 Å². The zero-order valence-corrected chi connectivity index (χ0v) is 11.7. The highest BCUT2D eigenvalue weighted by Crippen LogP contribution is 2.31. The lowest BCUT2D eigenvalue weighted by Crippen LogP contribution is -2.10. The van der Waals surface area contributed by atoms with E-state index < -0.39 is 17.7 Å². The van der Waals surface area contributed by atoms with E-state index in [1.54, 1.807) is 19.1 Å². The summed E-state index contributed by atoms with van der Waals surface area (Å²) in [6, 6.07) is 7.51. The van der Waals surface area contributed by atoms with Crippen LogP contribution in [0.1, 0.15) is 34.8 Å². The van der Waals surface area contributed by atoms with Gasteiger partial charge >= 0.3 is 0 Å². The number of halogens is 2. The molecule has 0 saturated heterocycles. The van der Waals surface area contributed by atoms with Gasteiger partial charge in [-0.1, -0.05) is 6.07 Å². The van der Waals surface area contributed by atoms with E-state index in [1.165, 1.54) is 6.07 Å². The number of ether oxygens (including phenoxy) is 1. The smallest absolute Gasteiger partial charge is 0.132 e. The summed E-state index contributed by atoms with van der Waals surface area (Å²) in [5.74, 6) is -0.533. The molecule has 2 aromatic carbocycles. The van der Waals surface area contributed by atoms with E-state index in [9.17, 15) is 13.9 Å². The van der Waals surface area contributed by atoms with Crippen molar-refractivity contribution in [1.82, 2.24) is 0 Å². The largest absolute Gasteiger partial charge is 0.493 e. The first kappa shape index (κ1) is 14.0. The Kier molecular flexibility index (Phi) is 3.64. The molecule has 0 aromatic heterocycles. The maximum Gasteiger partial charge on any atom is 0.132 e. The van der Waals surface area contributed by atoms with E-state index in [0.29, 0.717) is 17.7 Å². The first-order valence-electron chi connectivity index (χ1n) is 6.95. The van der Waals surface area contributed by atoms with E-state index in [2.05, 4.69) is 0 Å². The molecule has 3 rings (SSSR count). The number of hydrogen-bond acceptors (Lipinski definition) is 2. The van der Waals surface area contributed by atoms with Crippen LogP contribution >= 0.6 is 0 Å². The van der Waals surface area contributed by atoms with E-state index in [4.69, 9.17) is 4.74 Å². The zero-order chi connectivity index (χ0) is 15.0. The number of aliphatic hydroxyl groups excluding tert-OH is 1. The van der Waals surface area contributed by atoms with E-state index >= 15 is 0 Å². The number of hydrogen-bond donors (Lipinski definition) is 1. The molecule has 2 nitrogen and oxygen atoms in total. The fraction of sp³-hybridized carbons (Fsp3) is 0.294. The molecule has 1 atom stereocenters. The van der Waals surface area contributed by atoms with Gasteiger partial charge in [0.05, 0.1) is 6.61 Å². The van der Waals surface area contributed by atoms with Crippen molar-refractivity contribution >= 4 is 0 Å².